The van der Waals surface area contributed by atoms with Crippen LogP contribution in [0.2, 0.25) is 0 Å². The number of amides is 3. The maximum atomic E-state index is 14.1. The maximum Gasteiger partial charge on any atom is 0.471 e. The van der Waals surface area contributed by atoms with Crippen LogP contribution in [-0.2, 0) is 25.5 Å². The summed E-state index contributed by atoms with van der Waals surface area (Å²) in [5.41, 5.74) is 13.8. The molecule has 1 atom stereocenters. The van der Waals surface area contributed by atoms with Crippen LogP contribution in [0.15, 0.2) is 12.1 Å². The van der Waals surface area contributed by atoms with Crippen molar-refractivity contribution in [3.63, 3.8) is 0 Å². The van der Waals surface area contributed by atoms with Crippen LogP contribution in [0, 0.1) is 11.6 Å². The van der Waals surface area contributed by atoms with E-state index >= 15 is 0 Å². The highest BCUT2D eigenvalue weighted by atomic mass is 31.2. The number of carbonyl (C=O) groups is 3. The minimum Gasteiger partial charge on any atom is -0.370 e. The first-order valence-electron chi connectivity index (χ1n) is 7.97. The molecular formula is C14H18F5N6O4P. The van der Waals surface area contributed by atoms with Crippen LogP contribution in [0.4, 0.5) is 27.6 Å². The van der Waals surface area contributed by atoms with E-state index in [1.807, 2.05) is 10.4 Å². The molecule has 168 valence electrons. The molecule has 0 unspecified atom stereocenters. The third-order valence-corrected chi connectivity index (χ3v) is 4.12. The zero-order valence-corrected chi connectivity index (χ0v) is 15.9. The molecule has 0 fully saturated rings. The highest BCUT2D eigenvalue weighted by molar-refractivity contribution is 7.56. The quantitative estimate of drug-likeness (QED) is 0.227. The molecule has 0 aliphatic carbocycles. The maximum absolute atomic E-state index is 14.1. The lowest BCUT2D eigenvalue weighted by atomic mass is 10.1. The van der Waals surface area contributed by atoms with E-state index in [1.54, 1.807) is 0 Å². The Morgan fingerprint density at radius 3 is 2.07 bits per heavy atom. The summed E-state index contributed by atoms with van der Waals surface area (Å²) < 4.78 is 76.6. The van der Waals surface area contributed by atoms with Gasteiger partial charge in [0.25, 0.3) is 7.59 Å². The van der Waals surface area contributed by atoms with Gasteiger partial charge in [-0.2, -0.15) is 13.2 Å². The molecule has 30 heavy (non-hydrogen) atoms. The van der Waals surface area contributed by atoms with Gasteiger partial charge in [0, 0.05) is 24.2 Å². The molecule has 1 aromatic carbocycles. The van der Waals surface area contributed by atoms with E-state index in [1.165, 1.54) is 5.32 Å². The molecule has 0 aliphatic heterocycles. The molecule has 0 aliphatic rings. The van der Waals surface area contributed by atoms with Crippen molar-refractivity contribution in [3.8, 4) is 0 Å². The zero-order chi connectivity index (χ0) is 23.3. The number of hydrogen-bond acceptors (Lipinski definition) is 4. The molecule has 1 rings (SSSR count). The predicted octanol–water partition coefficient (Wildman–Crippen LogP) is 0.331. The van der Waals surface area contributed by atoms with Gasteiger partial charge >= 0.3 is 12.1 Å². The molecule has 0 heterocycles. The van der Waals surface area contributed by atoms with Crippen LogP contribution in [0.25, 0.3) is 0 Å². The molecule has 10 nitrogen and oxygen atoms in total. The van der Waals surface area contributed by atoms with E-state index in [0.29, 0.717) is 12.1 Å². The van der Waals surface area contributed by atoms with Gasteiger partial charge in [-0.3, -0.25) is 30.0 Å². The van der Waals surface area contributed by atoms with Crippen molar-refractivity contribution in [2.75, 3.05) is 5.32 Å². The third-order valence-electron chi connectivity index (χ3n) is 3.47. The standard InChI is InChI=1S/C14H18F5N6O4P/c15-8-3-6(4-9(16)7(8)5-23-30(21,22)29)24-12(27)10(1-2-11(20)26)25-13(28)14(17,18)19/h3-4,10H,1-2,5H2,(H2,20,26)(H,24,27)(H,25,28)(H5,21,22,23,29)/t10-/m0/s1. The van der Waals surface area contributed by atoms with Gasteiger partial charge in [-0.05, 0) is 18.6 Å². The SMILES string of the molecule is NC(=O)CC[C@H](NC(=O)C(F)(F)F)C(=O)Nc1cc(F)c(CNP(N)(N)=O)c(F)c1. The van der Waals surface area contributed by atoms with Gasteiger partial charge in [0.15, 0.2) is 0 Å². The van der Waals surface area contributed by atoms with Crippen molar-refractivity contribution in [3.05, 3.63) is 29.3 Å². The number of primary amides is 1. The average molecular weight is 460 g/mol. The normalized spacial score (nSPS) is 12.9. The summed E-state index contributed by atoms with van der Waals surface area (Å²) in [6, 6.07) is -0.640. The number of halogens is 5. The van der Waals surface area contributed by atoms with Crippen molar-refractivity contribution in [1.29, 1.82) is 0 Å². The summed E-state index contributed by atoms with van der Waals surface area (Å²) in [4.78, 5) is 34.1. The van der Waals surface area contributed by atoms with E-state index in [0.717, 1.165) is 0 Å². The topological polar surface area (TPSA) is 182 Å². The second-order valence-corrected chi connectivity index (χ2v) is 7.72. The summed E-state index contributed by atoms with van der Waals surface area (Å²) in [5.74, 6) is -7.15. The summed E-state index contributed by atoms with van der Waals surface area (Å²) in [5, 5.41) is 5.30. The molecule has 0 aromatic heterocycles. The molecule has 0 spiro atoms. The number of anilines is 1. The Morgan fingerprint density at radius 2 is 1.63 bits per heavy atom. The molecule has 0 saturated carbocycles. The fourth-order valence-electron chi connectivity index (χ4n) is 2.07. The minimum absolute atomic E-state index is 0.507. The van der Waals surface area contributed by atoms with Gasteiger partial charge in [0.2, 0.25) is 11.8 Å². The second kappa shape index (κ2) is 9.93. The predicted molar refractivity (Wildman–Crippen MR) is 94.2 cm³/mol. The monoisotopic (exact) mass is 460 g/mol. The van der Waals surface area contributed by atoms with Crippen LogP contribution in [0.1, 0.15) is 18.4 Å². The Kier molecular flexibility index (Phi) is 8.42. The van der Waals surface area contributed by atoms with Crippen LogP contribution in [0.5, 0.6) is 0 Å². The first-order chi connectivity index (χ1) is 13.6. The zero-order valence-electron chi connectivity index (χ0n) is 15.1. The lowest BCUT2D eigenvalue weighted by Gasteiger charge is -2.19. The highest BCUT2D eigenvalue weighted by Gasteiger charge is 2.40. The Hall–Kier alpha value is -2.61. The Bertz CT molecular complexity index is 852. The van der Waals surface area contributed by atoms with Crippen LogP contribution in [0.3, 0.4) is 0 Å². The number of nitrogens with one attached hydrogen (secondary N) is 3. The van der Waals surface area contributed by atoms with Gasteiger partial charge < -0.3 is 16.4 Å². The average Bonchev–Trinajstić information content (AvgIpc) is 2.55. The van der Waals surface area contributed by atoms with E-state index in [4.69, 9.17) is 16.7 Å². The van der Waals surface area contributed by atoms with Crippen molar-refractivity contribution >= 4 is 31.0 Å². The number of rotatable bonds is 9. The molecule has 16 heteroatoms. The minimum atomic E-state index is -5.32. The Labute approximate surface area is 166 Å². The number of hydrogen-bond donors (Lipinski definition) is 6. The van der Waals surface area contributed by atoms with E-state index < -0.39 is 79.8 Å². The fourth-order valence-corrected chi connectivity index (χ4v) is 2.48. The summed E-state index contributed by atoms with van der Waals surface area (Å²) in [7, 11) is -3.78. The van der Waals surface area contributed by atoms with Crippen molar-refractivity contribution in [1.82, 2.24) is 10.4 Å². The third kappa shape index (κ3) is 8.41. The molecule has 9 N–H and O–H groups in total. The highest BCUT2D eigenvalue weighted by Crippen LogP contribution is 2.24. The molecule has 1 aromatic rings. The lowest BCUT2D eigenvalue weighted by molar-refractivity contribution is -0.174. The molecule has 0 bridgehead atoms. The van der Waals surface area contributed by atoms with E-state index in [9.17, 15) is 40.9 Å². The largest absolute Gasteiger partial charge is 0.471 e. The van der Waals surface area contributed by atoms with Crippen LogP contribution in [-0.4, -0.2) is 29.9 Å². The Balaban J connectivity index is 3.00. The van der Waals surface area contributed by atoms with Crippen molar-refractivity contribution in [2.45, 2.75) is 31.6 Å². The van der Waals surface area contributed by atoms with Crippen molar-refractivity contribution in [2.24, 2.45) is 16.7 Å². The lowest BCUT2D eigenvalue weighted by Crippen LogP contribution is -2.49. The van der Waals surface area contributed by atoms with Gasteiger partial charge in [0.1, 0.15) is 17.7 Å². The van der Waals surface area contributed by atoms with Crippen LogP contribution < -0.4 is 32.5 Å². The van der Waals surface area contributed by atoms with E-state index in [-0.39, 0.29) is 0 Å². The number of carbonyl (C=O) groups excluding carboxylic acids is 3. The summed E-state index contributed by atoms with van der Waals surface area (Å²) in [6.45, 7) is -0.654. The fraction of sp³-hybridized carbons (Fsp3) is 0.357. The number of alkyl halides is 3. The second-order valence-electron chi connectivity index (χ2n) is 5.98. The van der Waals surface area contributed by atoms with Crippen LogP contribution >= 0.6 is 7.59 Å². The number of nitrogens with two attached hydrogens (primary N) is 3. The molecule has 0 radical (unpaired) electrons. The first kappa shape index (κ1) is 25.4. The van der Waals surface area contributed by atoms with Gasteiger partial charge in [-0.1, -0.05) is 0 Å². The summed E-state index contributed by atoms with van der Waals surface area (Å²) >= 11 is 0. The Morgan fingerprint density at radius 1 is 1.10 bits per heavy atom. The summed E-state index contributed by atoms with van der Waals surface area (Å²) in [6.07, 6.45) is -6.47. The van der Waals surface area contributed by atoms with Gasteiger partial charge in [-0.15, -0.1) is 0 Å². The first-order valence-corrected chi connectivity index (χ1v) is 9.81. The van der Waals surface area contributed by atoms with Gasteiger partial charge in [0.05, 0.1) is 0 Å². The number of benzene rings is 1. The van der Waals surface area contributed by atoms with Crippen molar-refractivity contribution < 1.29 is 40.9 Å². The smallest absolute Gasteiger partial charge is 0.370 e. The molecular weight excluding hydrogens is 442 g/mol. The van der Waals surface area contributed by atoms with E-state index in [2.05, 4.69) is 0 Å². The molecule has 0 saturated heterocycles. The van der Waals surface area contributed by atoms with Gasteiger partial charge in [-0.25, -0.2) is 13.9 Å². The molecule has 3 amide bonds.